The SMILES string of the molecule is COc1ccc(CN(C)C(=O)CN2CCN(Cc3cccc(C)c3)CC2)cc1. The van der Waals surface area contributed by atoms with Crippen molar-refractivity contribution < 1.29 is 9.53 Å². The largest absolute Gasteiger partial charge is 0.497 e. The highest BCUT2D eigenvalue weighted by atomic mass is 16.5. The van der Waals surface area contributed by atoms with E-state index in [2.05, 4.69) is 41.0 Å². The third-order valence-corrected chi connectivity index (χ3v) is 5.32. The molecule has 0 saturated carbocycles. The lowest BCUT2D eigenvalue weighted by Crippen LogP contribution is -2.49. The number of benzene rings is 2. The minimum Gasteiger partial charge on any atom is -0.497 e. The summed E-state index contributed by atoms with van der Waals surface area (Å²) in [5, 5.41) is 0. The van der Waals surface area contributed by atoms with E-state index in [9.17, 15) is 4.79 Å². The van der Waals surface area contributed by atoms with Crippen LogP contribution in [0.5, 0.6) is 5.75 Å². The normalized spacial score (nSPS) is 15.4. The lowest BCUT2D eigenvalue weighted by atomic mass is 10.1. The van der Waals surface area contributed by atoms with E-state index in [1.54, 1.807) is 12.0 Å². The van der Waals surface area contributed by atoms with Gasteiger partial charge in [0.05, 0.1) is 13.7 Å². The van der Waals surface area contributed by atoms with E-state index >= 15 is 0 Å². The van der Waals surface area contributed by atoms with Crippen LogP contribution in [0.1, 0.15) is 16.7 Å². The molecule has 2 aromatic rings. The minimum atomic E-state index is 0.169. The number of hydrogen-bond donors (Lipinski definition) is 0. The average molecular weight is 382 g/mol. The lowest BCUT2D eigenvalue weighted by Gasteiger charge is -2.35. The van der Waals surface area contributed by atoms with Crippen LogP contribution in [-0.4, -0.2) is 67.5 Å². The van der Waals surface area contributed by atoms with Gasteiger partial charge in [0.25, 0.3) is 0 Å². The molecule has 1 fully saturated rings. The number of methoxy groups -OCH3 is 1. The smallest absolute Gasteiger partial charge is 0.236 e. The zero-order chi connectivity index (χ0) is 19.9. The maximum atomic E-state index is 12.6. The molecule has 0 aliphatic carbocycles. The van der Waals surface area contributed by atoms with Crippen LogP contribution in [0.3, 0.4) is 0 Å². The summed E-state index contributed by atoms with van der Waals surface area (Å²) in [7, 11) is 3.53. The second-order valence-electron chi connectivity index (χ2n) is 7.64. The highest BCUT2D eigenvalue weighted by Gasteiger charge is 2.20. The van der Waals surface area contributed by atoms with Gasteiger partial charge >= 0.3 is 0 Å². The van der Waals surface area contributed by atoms with Crippen LogP contribution in [0, 0.1) is 6.92 Å². The summed E-state index contributed by atoms with van der Waals surface area (Å²) in [5.74, 6) is 1.00. The summed E-state index contributed by atoms with van der Waals surface area (Å²) in [6.45, 7) is 8.12. The molecule has 1 aliphatic heterocycles. The molecule has 0 aromatic heterocycles. The Morgan fingerprint density at radius 1 is 1.00 bits per heavy atom. The molecule has 0 spiro atoms. The van der Waals surface area contributed by atoms with E-state index < -0.39 is 0 Å². The van der Waals surface area contributed by atoms with Crippen molar-refractivity contribution in [2.24, 2.45) is 0 Å². The molecule has 28 heavy (non-hydrogen) atoms. The first-order valence-corrected chi connectivity index (χ1v) is 9.90. The summed E-state index contributed by atoms with van der Waals surface area (Å²) in [6, 6.07) is 16.6. The second kappa shape index (κ2) is 9.71. The fourth-order valence-corrected chi connectivity index (χ4v) is 3.58. The lowest BCUT2D eigenvalue weighted by molar-refractivity contribution is -0.132. The van der Waals surface area contributed by atoms with Crippen LogP contribution >= 0.6 is 0 Å². The first-order valence-electron chi connectivity index (χ1n) is 9.90. The van der Waals surface area contributed by atoms with Crippen LogP contribution < -0.4 is 4.74 Å². The minimum absolute atomic E-state index is 0.169. The molecular weight excluding hydrogens is 350 g/mol. The van der Waals surface area contributed by atoms with Gasteiger partial charge in [-0.05, 0) is 30.2 Å². The Balaban J connectivity index is 1.42. The number of ether oxygens (including phenoxy) is 1. The Morgan fingerprint density at radius 3 is 2.32 bits per heavy atom. The van der Waals surface area contributed by atoms with E-state index in [0.29, 0.717) is 13.1 Å². The standard InChI is InChI=1S/C23H31N3O2/c1-19-5-4-6-21(15-19)17-25-11-13-26(14-12-25)18-23(27)24(2)16-20-7-9-22(28-3)10-8-20/h4-10,15H,11-14,16-18H2,1-3H3. The van der Waals surface area contributed by atoms with Gasteiger partial charge in [0, 0.05) is 46.3 Å². The molecule has 5 heteroatoms. The molecule has 5 nitrogen and oxygen atoms in total. The third kappa shape index (κ3) is 5.81. The van der Waals surface area contributed by atoms with Crippen molar-refractivity contribution in [3.63, 3.8) is 0 Å². The van der Waals surface area contributed by atoms with Crippen molar-refractivity contribution >= 4 is 5.91 Å². The molecule has 2 aromatic carbocycles. The summed E-state index contributed by atoms with van der Waals surface area (Å²) in [6.07, 6.45) is 0. The van der Waals surface area contributed by atoms with Crippen molar-refractivity contribution in [3.8, 4) is 5.75 Å². The van der Waals surface area contributed by atoms with Crippen LogP contribution in [0.25, 0.3) is 0 Å². The van der Waals surface area contributed by atoms with Crippen molar-refractivity contribution in [2.75, 3.05) is 46.9 Å². The van der Waals surface area contributed by atoms with Gasteiger partial charge in [-0.15, -0.1) is 0 Å². The molecular formula is C23H31N3O2. The van der Waals surface area contributed by atoms with E-state index in [1.165, 1.54) is 11.1 Å². The topological polar surface area (TPSA) is 36.0 Å². The van der Waals surface area contributed by atoms with Gasteiger partial charge in [0.2, 0.25) is 5.91 Å². The quantitative estimate of drug-likeness (QED) is 0.739. The van der Waals surface area contributed by atoms with Crippen LogP contribution in [-0.2, 0) is 17.9 Å². The third-order valence-electron chi connectivity index (χ3n) is 5.32. The molecule has 3 rings (SSSR count). The number of hydrogen-bond acceptors (Lipinski definition) is 4. The van der Waals surface area contributed by atoms with Gasteiger partial charge in [-0.3, -0.25) is 14.6 Å². The maximum Gasteiger partial charge on any atom is 0.236 e. The average Bonchev–Trinajstić information content (AvgIpc) is 2.70. The molecule has 1 amide bonds. The highest BCUT2D eigenvalue weighted by Crippen LogP contribution is 2.13. The van der Waals surface area contributed by atoms with E-state index in [-0.39, 0.29) is 5.91 Å². The van der Waals surface area contributed by atoms with Crippen molar-refractivity contribution in [1.29, 1.82) is 0 Å². The predicted octanol–water partition coefficient (Wildman–Crippen LogP) is 2.78. The van der Waals surface area contributed by atoms with Gasteiger partial charge in [-0.1, -0.05) is 42.0 Å². The number of carbonyl (C=O) groups excluding carboxylic acids is 1. The van der Waals surface area contributed by atoms with Crippen LogP contribution in [0.2, 0.25) is 0 Å². The predicted molar refractivity (Wildman–Crippen MR) is 112 cm³/mol. The molecule has 0 atom stereocenters. The molecule has 1 aliphatic rings. The van der Waals surface area contributed by atoms with Gasteiger partial charge in [0.15, 0.2) is 0 Å². The molecule has 0 bridgehead atoms. The first kappa shape index (κ1) is 20.4. The molecule has 0 radical (unpaired) electrons. The summed E-state index contributed by atoms with van der Waals surface area (Å²) < 4.78 is 5.18. The molecule has 1 heterocycles. The second-order valence-corrected chi connectivity index (χ2v) is 7.64. The maximum absolute atomic E-state index is 12.6. The van der Waals surface area contributed by atoms with E-state index in [4.69, 9.17) is 4.74 Å². The zero-order valence-electron chi connectivity index (χ0n) is 17.2. The van der Waals surface area contributed by atoms with Gasteiger partial charge in [-0.25, -0.2) is 0 Å². The number of nitrogens with zero attached hydrogens (tertiary/aromatic N) is 3. The van der Waals surface area contributed by atoms with Crippen LogP contribution in [0.15, 0.2) is 48.5 Å². The number of rotatable bonds is 7. The van der Waals surface area contributed by atoms with Crippen molar-refractivity contribution in [3.05, 3.63) is 65.2 Å². The Bertz CT molecular complexity index is 768. The van der Waals surface area contributed by atoms with E-state index in [0.717, 1.165) is 44.0 Å². The van der Waals surface area contributed by atoms with Crippen molar-refractivity contribution in [2.45, 2.75) is 20.0 Å². The highest BCUT2D eigenvalue weighted by molar-refractivity contribution is 5.78. The number of amides is 1. The Morgan fingerprint density at radius 2 is 1.68 bits per heavy atom. The fraction of sp³-hybridized carbons (Fsp3) is 0.435. The monoisotopic (exact) mass is 381 g/mol. The Kier molecular flexibility index (Phi) is 7.06. The summed E-state index contributed by atoms with van der Waals surface area (Å²) in [5.41, 5.74) is 3.78. The van der Waals surface area contributed by atoms with E-state index in [1.807, 2.05) is 31.3 Å². The van der Waals surface area contributed by atoms with Crippen LogP contribution in [0.4, 0.5) is 0 Å². The summed E-state index contributed by atoms with van der Waals surface area (Å²) >= 11 is 0. The number of piperazine rings is 1. The van der Waals surface area contributed by atoms with Gasteiger partial charge in [0.1, 0.15) is 5.75 Å². The number of likely N-dealkylation sites (N-methyl/N-ethyl adjacent to an activating group) is 1. The molecule has 0 N–H and O–H groups in total. The Hall–Kier alpha value is -2.37. The van der Waals surface area contributed by atoms with Gasteiger partial charge in [-0.2, -0.15) is 0 Å². The molecule has 150 valence electrons. The summed E-state index contributed by atoms with van der Waals surface area (Å²) in [4.78, 5) is 19.1. The fourth-order valence-electron chi connectivity index (χ4n) is 3.58. The zero-order valence-corrected chi connectivity index (χ0v) is 17.2. The first-order chi connectivity index (χ1) is 13.5. The van der Waals surface area contributed by atoms with Crippen molar-refractivity contribution in [1.82, 2.24) is 14.7 Å². The Labute approximate surface area is 168 Å². The van der Waals surface area contributed by atoms with Gasteiger partial charge < -0.3 is 9.64 Å². The molecule has 1 saturated heterocycles. The molecule has 0 unspecified atom stereocenters. The number of aryl methyl sites for hydroxylation is 1. The number of carbonyl (C=O) groups is 1.